The molecule has 1 aliphatic heterocycles. The van der Waals surface area contributed by atoms with Crippen molar-refractivity contribution in [2.24, 2.45) is 0 Å². The summed E-state index contributed by atoms with van der Waals surface area (Å²) in [5.74, 6) is 1.20. The lowest BCUT2D eigenvalue weighted by Crippen LogP contribution is -2.50. The van der Waals surface area contributed by atoms with Gasteiger partial charge in [-0.2, -0.15) is 0 Å². The van der Waals surface area contributed by atoms with Crippen LogP contribution in [0.5, 0.6) is 0 Å². The van der Waals surface area contributed by atoms with E-state index < -0.39 is 0 Å². The lowest BCUT2D eigenvalue weighted by molar-refractivity contribution is -0.122. The molecule has 0 aromatic carbocycles. The molecule has 116 valence electrons. The minimum absolute atomic E-state index is 0.165. The Morgan fingerprint density at radius 3 is 2.86 bits per heavy atom. The molecule has 1 N–H and O–H groups in total. The number of hydrogen-bond donors (Lipinski definition) is 1. The zero-order chi connectivity index (χ0) is 14.9. The molecule has 2 fully saturated rings. The molecule has 0 radical (unpaired) electrons. The molecule has 2 aromatic heterocycles. The lowest BCUT2D eigenvalue weighted by Gasteiger charge is -2.35. The van der Waals surface area contributed by atoms with Crippen LogP contribution in [-0.4, -0.2) is 59.5 Å². The molecule has 1 amide bonds. The number of thiophene rings is 1. The van der Waals surface area contributed by atoms with Crippen LogP contribution in [0.1, 0.15) is 12.8 Å². The van der Waals surface area contributed by atoms with Crippen LogP contribution in [0.2, 0.25) is 0 Å². The van der Waals surface area contributed by atoms with Crippen molar-refractivity contribution >= 4 is 33.3 Å². The molecule has 2 aromatic rings. The fraction of sp³-hybridized carbons (Fsp3) is 0.533. The first-order valence-corrected chi connectivity index (χ1v) is 8.62. The zero-order valence-electron chi connectivity index (χ0n) is 12.4. The number of nitrogens with one attached hydrogen (secondary N) is 1. The van der Waals surface area contributed by atoms with Crippen molar-refractivity contribution in [1.82, 2.24) is 20.2 Å². The zero-order valence-corrected chi connectivity index (χ0v) is 13.2. The normalized spacial score (nSPS) is 19.5. The fourth-order valence-corrected chi connectivity index (χ4v) is 3.68. The van der Waals surface area contributed by atoms with Gasteiger partial charge in [0.05, 0.1) is 16.8 Å². The van der Waals surface area contributed by atoms with Crippen molar-refractivity contribution in [1.29, 1.82) is 0 Å². The van der Waals surface area contributed by atoms with Gasteiger partial charge in [-0.1, -0.05) is 0 Å². The molecule has 0 unspecified atom stereocenters. The Labute approximate surface area is 133 Å². The lowest BCUT2D eigenvalue weighted by atomic mass is 10.3. The number of carbonyl (C=O) groups is 1. The summed E-state index contributed by atoms with van der Waals surface area (Å²) in [5.41, 5.74) is 1.02. The van der Waals surface area contributed by atoms with Crippen molar-refractivity contribution in [3.63, 3.8) is 0 Å². The van der Waals surface area contributed by atoms with Crippen LogP contribution in [0.4, 0.5) is 5.82 Å². The van der Waals surface area contributed by atoms with E-state index in [-0.39, 0.29) is 5.91 Å². The van der Waals surface area contributed by atoms with Crippen LogP contribution >= 0.6 is 11.3 Å². The molecule has 0 spiro atoms. The molecule has 0 atom stereocenters. The van der Waals surface area contributed by atoms with Gasteiger partial charge in [0.15, 0.2) is 0 Å². The molecular weight excluding hydrogens is 298 g/mol. The highest BCUT2D eigenvalue weighted by Gasteiger charge is 2.26. The maximum absolute atomic E-state index is 11.9. The Hall–Kier alpha value is -1.73. The summed E-state index contributed by atoms with van der Waals surface area (Å²) >= 11 is 1.69. The van der Waals surface area contributed by atoms with E-state index in [0.717, 1.165) is 55.1 Å². The molecule has 4 rings (SSSR count). The standard InChI is InChI=1S/C15H19N5OS/c21-13(18-11-1-2-11)9-19-4-6-20(7-5-19)15-14-12(3-8-22-14)16-10-17-15/h3,8,10-11H,1-2,4-7,9H2,(H,18,21). The van der Waals surface area contributed by atoms with Gasteiger partial charge in [-0.25, -0.2) is 9.97 Å². The second kappa shape index (κ2) is 5.81. The van der Waals surface area contributed by atoms with E-state index in [0.29, 0.717) is 12.6 Å². The topological polar surface area (TPSA) is 61.4 Å². The maximum Gasteiger partial charge on any atom is 0.234 e. The van der Waals surface area contributed by atoms with E-state index in [4.69, 9.17) is 0 Å². The van der Waals surface area contributed by atoms with Crippen molar-refractivity contribution < 1.29 is 4.79 Å². The molecule has 22 heavy (non-hydrogen) atoms. The first-order valence-electron chi connectivity index (χ1n) is 7.74. The van der Waals surface area contributed by atoms with Crippen LogP contribution < -0.4 is 10.2 Å². The van der Waals surface area contributed by atoms with Gasteiger partial charge in [-0.05, 0) is 24.3 Å². The number of aromatic nitrogens is 2. The number of nitrogens with zero attached hydrogens (tertiary/aromatic N) is 4. The van der Waals surface area contributed by atoms with Crippen LogP contribution in [0.25, 0.3) is 10.2 Å². The first-order chi connectivity index (χ1) is 10.8. The number of rotatable bonds is 4. The van der Waals surface area contributed by atoms with E-state index in [2.05, 4.69) is 30.5 Å². The summed E-state index contributed by atoms with van der Waals surface area (Å²) in [6.45, 7) is 4.12. The SMILES string of the molecule is O=C(CN1CCN(c2ncnc3ccsc23)CC1)NC1CC1. The van der Waals surface area contributed by atoms with E-state index in [1.54, 1.807) is 17.7 Å². The molecule has 2 aliphatic rings. The summed E-state index contributed by atoms with van der Waals surface area (Å²) in [7, 11) is 0. The maximum atomic E-state index is 11.9. The van der Waals surface area contributed by atoms with E-state index in [1.165, 1.54) is 0 Å². The molecular formula is C15H19N5OS. The average molecular weight is 317 g/mol. The predicted octanol–water partition coefficient (Wildman–Crippen LogP) is 1.09. The smallest absolute Gasteiger partial charge is 0.234 e. The van der Waals surface area contributed by atoms with Gasteiger partial charge in [0.2, 0.25) is 5.91 Å². The van der Waals surface area contributed by atoms with Crippen molar-refractivity contribution in [3.05, 3.63) is 17.8 Å². The quantitative estimate of drug-likeness (QED) is 0.915. The number of carbonyl (C=O) groups excluding carboxylic acids is 1. The third-order valence-electron chi connectivity index (χ3n) is 4.21. The third-order valence-corrected chi connectivity index (χ3v) is 5.11. The van der Waals surface area contributed by atoms with Gasteiger partial charge in [0.1, 0.15) is 12.1 Å². The monoisotopic (exact) mass is 317 g/mol. The molecule has 6 nitrogen and oxygen atoms in total. The third kappa shape index (κ3) is 2.91. The first kappa shape index (κ1) is 13.9. The summed E-state index contributed by atoms with van der Waals surface area (Å²) in [4.78, 5) is 25.2. The number of amides is 1. The fourth-order valence-electron chi connectivity index (χ4n) is 2.82. The molecule has 1 saturated carbocycles. The predicted molar refractivity (Wildman–Crippen MR) is 87.2 cm³/mol. The highest BCUT2D eigenvalue weighted by atomic mass is 32.1. The number of anilines is 1. The molecule has 7 heteroatoms. The van der Waals surface area contributed by atoms with Crippen LogP contribution in [-0.2, 0) is 4.79 Å². The van der Waals surface area contributed by atoms with Crippen LogP contribution in [0, 0.1) is 0 Å². The molecule has 0 bridgehead atoms. The number of fused-ring (bicyclic) bond motifs is 1. The highest BCUT2D eigenvalue weighted by molar-refractivity contribution is 7.17. The van der Waals surface area contributed by atoms with Gasteiger partial charge in [-0.3, -0.25) is 9.69 Å². The van der Waals surface area contributed by atoms with Crippen LogP contribution in [0.3, 0.4) is 0 Å². The van der Waals surface area contributed by atoms with E-state index in [1.807, 2.05) is 6.07 Å². The largest absolute Gasteiger partial charge is 0.353 e. The average Bonchev–Trinajstić information content (AvgIpc) is 3.20. The summed E-state index contributed by atoms with van der Waals surface area (Å²) in [6, 6.07) is 2.48. The van der Waals surface area contributed by atoms with Gasteiger partial charge in [0, 0.05) is 32.2 Å². The van der Waals surface area contributed by atoms with Crippen molar-refractivity contribution in [3.8, 4) is 0 Å². The van der Waals surface area contributed by atoms with Gasteiger partial charge in [0.25, 0.3) is 0 Å². The molecule has 1 saturated heterocycles. The Morgan fingerprint density at radius 2 is 2.09 bits per heavy atom. The minimum Gasteiger partial charge on any atom is -0.353 e. The Morgan fingerprint density at radius 1 is 1.27 bits per heavy atom. The summed E-state index contributed by atoms with van der Waals surface area (Å²) in [6.07, 6.45) is 3.92. The molecule has 3 heterocycles. The van der Waals surface area contributed by atoms with Gasteiger partial charge >= 0.3 is 0 Å². The number of piperazine rings is 1. The summed E-state index contributed by atoms with van der Waals surface area (Å²) in [5, 5.41) is 5.11. The second-order valence-electron chi connectivity index (χ2n) is 5.94. The van der Waals surface area contributed by atoms with E-state index in [9.17, 15) is 4.79 Å². The van der Waals surface area contributed by atoms with Gasteiger partial charge < -0.3 is 10.2 Å². The van der Waals surface area contributed by atoms with Crippen molar-refractivity contribution in [2.75, 3.05) is 37.6 Å². The Kier molecular flexibility index (Phi) is 3.67. The number of hydrogen-bond acceptors (Lipinski definition) is 6. The van der Waals surface area contributed by atoms with E-state index >= 15 is 0 Å². The van der Waals surface area contributed by atoms with Crippen LogP contribution in [0.15, 0.2) is 17.8 Å². The van der Waals surface area contributed by atoms with Gasteiger partial charge in [-0.15, -0.1) is 11.3 Å². The second-order valence-corrected chi connectivity index (χ2v) is 6.85. The molecule has 1 aliphatic carbocycles. The minimum atomic E-state index is 0.165. The highest BCUT2D eigenvalue weighted by Crippen LogP contribution is 2.28. The summed E-state index contributed by atoms with van der Waals surface area (Å²) < 4.78 is 1.16. The Bertz CT molecular complexity index is 675. The van der Waals surface area contributed by atoms with Crippen molar-refractivity contribution in [2.45, 2.75) is 18.9 Å². The Balaban J connectivity index is 1.37.